The molecule has 0 saturated carbocycles. The topological polar surface area (TPSA) is 40.5 Å². The number of hydrogen-bond acceptors (Lipinski definition) is 2. The van der Waals surface area contributed by atoms with Crippen molar-refractivity contribution in [2.75, 3.05) is 14.2 Å². The molecule has 2 N–H and O–H groups in total. The van der Waals surface area contributed by atoms with Gasteiger partial charge in [-0.25, -0.2) is 0 Å². The van der Waals surface area contributed by atoms with Crippen molar-refractivity contribution < 1.29 is 24.9 Å². The molecule has 0 amide bonds. The van der Waals surface area contributed by atoms with Gasteiger partial charge in [0.15, 0.2) is 0 Å². The van der Waals surface area contributed by atoms with Gasteiger partial charge in [0.1, 0.15) is 0 Å². The van der Waals surface area contributed by atoms with Crippen LogP contribution < -0.4 is 0 Å². The van der Waals surface area contributed by atoms with E-state index in [0.29, 0.717) is 0 Å². The molecule has 0 atom stereocenters. The summed E-state index contributed by atoms with van der Waals surface area (Å²) in [4.78, 5) is 0. The number of hydrogen-bond donors (Lipinski definition) is 2. The Bertz CT molecular complexity index is 20.0. The zero-order valence-corrected chi connectivity index (χ0v) is 8.36. The summed E-state index contributed by atoms with van der Waals surface area (Å²) in [5, 5.41) is 14.0. The van der Waals surface area contributed by atoms with Crippen molar-refractivity contribution in [3.8, 4) is 0 Å². The van der Waals surface area contributed by atoms with Gasteiger partial charge in [-0.05, 0) is 0 Å². The van der Waals surface area contributed by atoms with Crippen LogP contribution >= 0.6 is 27.9 Å². The monoisotopic (exact) mass is 217 g/mol. The van der Waals surface area contributed by atoms with Crippen LogP contribution in [0.2, 0.25) is 0 Å². The van der Waals surface area contributed by atoms with Crippen LogP contribution in [0.15, 0.2) is 0 Å². The number of halogens is 3. The summed E-state index contributed by atoms with van der Waals surface area (Å²) >= 11 is -1.92. The first-order valence-corrected chi connectivity index (χ1v) is 7.91. The van der Waals surface area contributed by atoms with Gasteiger partial charge in [0.2, 0.25) is 0 Å². The molecule has 0 aromatic rings. The van der Waals surface area contributed by atoms with E-state index in [1.807, 2.05) is 0 Å². The fraction of sp³-hybridized carbons (Fsp3) is 1.00. The maximum atomic E-state index is 7.00. The Kier molecular flexibility index (Phi) is 47.9. The summed E-state index contributed by atoms with van der Waals surface area (Å²) in [5.41, 5.74) is 0. The molecule has 0 aliphatic heterocycles. The van der Waals surface area contributed by atoms with Crippen molar-refractivity contribution in [2.24, 2.45) is 0 Å². The molecule has 0 saturated heterocycles. The Morgan fingerprint density at radius 2 is 0.875 bits per heavy atom. The van der Waals surface area contributed by atoms with Crippen LogP contribution in [-0.2, 0) is 14.7 Å². The van der Waals surface area contributed by atoms with E-state index in [1.165, 1.54) is 0 Å². The second-order valence-corrected chi connectivity index (χ2v) is 7.95. The molecule has 0 heterocycles. The SMILES string of the molecule is CO.CO.[Cl][Ti]([Cl])[Cl]. The van der Waals surface area contributed by atoms with Crippen molar-refractivity contribution in [1.82, 2.24) is 0 Å². The molecule has 0 radical (unpaired) electrons. The molecule has 2 nitrogen and oxygen atoms in total. The van der Waals surface area contributed by atoms with Gasteiger partial charge >= 0.3 is 42.6 Å². The van der Waals surface area contributed by atoms with Crippen LogP contribution in [0.1, 0.15) is 0 Å². The molecule has 0 aromatic carbocycles. The van der Waals surface area contributed by atoms with Gasteiger partial charge in [-0.3, -0.25) is 0 Å². The molecular formula is C2H8Cl3O2Ti. The summed E-state index contributed by atoms with van der Waals surface area (Å²) in [6.07, 6.45) is 0. The quantitative estimate of drug-likeness (QED) is 0.601. The van der Waals surface area contributed by atoms with Gasteiger partial charge in [-0.2, -0.15) is 0 Å². The summed E-state index contributed by atoms with van der Waals surface area (Å²) in [6.45, 7) is 0. The van der Waals surface area contributed by atoms with E-state index in [9.17, 15) is 0 Å². The van der Waals surface area contributed by atoms with E-state index >= 15 is 0 Å². The van der Waals surface area contributed by atoms with Crippen LogP contribution in [0.25, 0.3) is 0 Å². The van der Waals surface area contributed by atoms with Crippen LogP contribution in [0, 0.1) is 0 Å². The Morgan fingerprint density at radius 3 is 0.875 bits per heavy atom. The predicted molar refractivity (Wildman–Crippen MR) is 33.8 cm³/mol. The summed E-state index contributed by atoms with van der Waals surface area (Å²) < 4.78 is 0. The van der Waals surface area contributed by atoms with Gasteiger partial charge in [0.05, 0.1) is 0 Å². The van der Waals surface area contributed by atoms with E-state index in [2.05, 4.69) is 0 Å². The Morgan fingerprint density at radius 1 is 0.875 bits per heavy atom. The van der Waals surface area contributed by atoms with E-state index < -0.39 is 14.7 Å². The van der Waals surface area contributed by atoms with Gasteiger partial charge in [-0.1, -0.05) is 0 Å². The molecule has 0 bridgehead atoms. The molecule has 0 aliphatic rings. The Hall–Kier alpha value is 1.50. The molecule has 53 valence electrons. The number of aliphatic hydroxyl groups is 2. The third-order valence-corrected chi connectivity index (χ3v) is 0. The number of aliphatic hydroxyl groups excluding tert-OH is 2. The minimum atomic E-state index is -1.92. The number of rotatable bonds is 0. The van der Waals surface area contributed by atoms with Crippen molar-refractivity contribution in [1.29, 1.82) is 0 Å². The van der Waals surface area contributed by atoms with E-state index in [1.54, 1.807) is 0 Å². The molecule has 0 aromatic heterocycles. The predicted octanol–water partition coefficient (Wildman–Crippen LogP) is 1.28. The first kappa shape index (κ1) is 16.2. The fourth-order valence-corrected chi connectivity index (χ4v) is 0. The van der Waals surface area contributed by atoms with Crippen LogP contribution in [0.4, 0.5) is 0 Å². The zero-order valence-electron chi connectivity index (χ0n) is 4.53. The average molecular weight is 218 g/mol. The van der Waals surface area contributed by atoms with Crippen LogP contribution in [0.5, 0.6) is 0 Å². The molecule has 6 heteroatoms. The summed E-state index contributed by atoms with van der Waals surface area (Å²) in [5.74, 6) is 0. The Labute approximate surface area is 66.8 Å². The third kappa shape index (κ3) is 140. The van der Waals surface area contributed by atoms with Gasteiger partial charge in [0, 0.05) is 14.2 Å². The Balaban J connectivity index is -0.0000000542. The van der Waals surface area contributed by atoms with E-state index in [4.69, 9.17) is 38.1 Å². The van der Waals surface area contributed by atoms with Crippen LogP contribution in [-0.4, -0.2) is 24.4 Å². The standard InChI is InChI=1S/2CH4O.3ClH.Ti/c2*1-2;;;;/h2*2H,1H3;3*1H;/q;;;;;+3/p-3. The first-order chi connectivity index (χ1) is 3.73. The van der Waals surface area contributed by atoms with Crippen molar-refractivity contribution in [2.45, 2.75) is 0 Å². The van der Waals surface area contributed by atoms with Gasteiger partial charge < -0.3 is 10.2 Å². The van der Waals surface area contributed by atoms with Crippen LogP contribution in [0.3, 0.4) is 0 Å². The van der Waals surface area contributed by atoms with Crippen molar-refractivity contribution in [3.05, 3.63) is 0 Å². The van der Waals surface area contributed by atoms with Gasteiger partial charge in [-0.15, -0.1) is 0 Å². The van der Waals surface area contributed by atoms with E-state index in [0.717, 1.165) is 14.2 Å². The second-order valence-electron chi connectivity index (χ2n) is 0.214. The normalized spacial score (nSPS) is 4.88. The fourth-order valence-electron chi connectivity index (χ4n) is 0. The third-order valence-electron chi connectivity index (χ3n) is 0. The molecule has 0 spiro atoms. The molecule has 0 rings (SSSR count). The minimum absolute atomic E-state index is 1.00. The summed E-state index contributed by atoms with van der Waals surface area (Å²) in [7, 11) is 16.9. The van der Waals surface area contributed by atoms with Crippen molar-refractivity contribution in [3.63, 3.8) is 0 Å². The average Bonchev–Trinajstić information content (AvgIpc) is 1.75. The first-order valence-electron chi connectivity index (χ1n) is 1.46. The molecule has 0 aliphatic carbocycles. The molecule has 8 heavy (non-hydrogen) atoms. The molecule has 0 unspecified atom stereocenters. The molecular weight excluding hydrogens is 210 g/mol. The van der Waals surface area contributed by atoms with E-state index in [-0.39, 0.29) is 0 Å². The molecule has 0 fully saturated rings. The maximum absolute atomic E-state index is 7.00. The second kappa shape index (κ2) is 23.6. The van der Waals surface area contributed by atoms with Gasteiger partial charge in [0.25, 0.3) is 0 Å². The zero-order chi connectivity index (χ0) is 7.58. The van der Waals surface area contributed by atoms with Crippen molar-refractivity contribution >= 4 is 27.9 Å². The summed E-state index contributed by atoms with van der Waals surface area (Å²) in [6, 6.07) is 0.